The fraction of sp³-hybridized carbons (Fsp3) is 0.750. The second kappa shape index (κ2) is 6.23. The summed E-state index contributed by atoms with van der Waals surface area (Å²) in [6.07, 6.45) is 5.37. The zero-order chi connectivity index (χ0) is 11.3. The highest BCUT2D eigenvalue weighted by atomic mass is 32.1. The van der Waals surface area contributed by atoms with Crippen LogP contribution in [0.25, 0.3) is 0 Å². The van der Waals surface area contributed by atoms with Gasteiger partial charge in [-0.3, -0.25) is 0 Å². The van der Waals surface area contributed by atoms with E-state index in [1.54, 1.807) is 0 Å². The van der Waals surface area contributed by atoms with E-state index in [9.17, 15) is 0 Å². The Morgan fingerprint density at radius 1 is 1.33 bits per heavy atom. The van der Waals surface area contributed by atoms with Gasteiger partial charge in [0.05, 0.1) is 10.7 Å². The number of nitrogens with two attached hydrogens (primary N) is 1. The predicted octanol–water partition coefficient (Wildman–Crippen LogP) is 2.94. The summed E-state index contributed by atoms with van der Waals surface area (Å²) in [5.41, 5.74) is 7.26. The van der Waals surface area contributed by atoms with E-state index in [4.69, 9.17) is 10.7 Å². The summed E-state index contributed by atoms with van der Waals surface area (Å²) in [5.74, 6) is 0. The molecule has 0 saturated carbocycles. The molecule has 0 spiro atoms. The van der Waals surface area contributed by atoms with Crippen molar-refractivity contribution in [2.75, 3.05) is 0 Å². The van der Waals surface area contributed by atoms with E-state index in [0.29, 0.717) is 0 Å². The zero-order valence-corrected chi connectivity index (χ0v) is 10.9. The van der Waals surface area contributed by atoms with Crippen LogP contribution in [0.15, 0.2) is 0 Å². The van der Waals surface area contributed by atoms with Gasteiger partial charge in [-0.25, -0.2) is 4.98 Å². The smallest absolute Gasteiger partial charge is 0.0946 e. The quantitative estimate of drug-likeness (QED) is 0.810. The van der Waals surface area contributed by atoms with Crippen LogP contribution in [-0.2, 0) is 19.3 Å². The second-order valence-electron chi connectivity index (χ2n) is 3.95. The minimum Gasteiger partial charge on any atom is -0.327 e. The molecule has 1 atom stereocenters. The molecule has 1 aromatic rings. The molecule has 0 saturated heterocycles. The lowest BCUT2D eigenvalue weighted by atomic mass is 10.2. The summed E-state index contributed by atoms with van der Waals surface area (Å²) in [4.78, 5) is 6.15. The van der Waals surface area contributed by atoms with E-state index in [-0.39, 0.29) is 6.04 Å². The first-order valence-electron chi connectivity index (χ1n) is 5.94. The number of hydrogen-bond donors (Lipinski definition) is 1. The summed E-state index contributed by atoms with van der Waals surface area (Å²) in [7, 11) is 0. The maximum Gasteiger partial charge on any atom is 0.0946 e. The molecule has 1 heterocycles. The topological polar surface area (TPSA) is 38.9 Å². The fourth-order valence-corrected chi connectivity index (χ4v) is 2.75. The van der Waals surface area contributed by atoms with Crippen molar-refractivity contribution in [3.05, 3.63) is 15.6 Å². The molecule has 0 fully saturated rings. The molecular weight excluding hydrogens is 204 g/mol. The van der Waals surface area contributed by atoms with Gasteiger partial charge in [-0.05, 0) is 19.3 Å². The molecule has 1 unspecified atom stereocenters. The first kappa shape index (κ1) is 12.7. The number of hydrogen-bond acceptors (Lipinski definition) is 3. The van der Waals surface area contributed by atoms with Crippen molar-refractivity contribution in [2.24, 2.45) is 5.73 Å². The maximum absolute atomic E-state index is 5.95. The predicted molar refractivity (Wildman–Crippen MR) is 67.5 cm³/mol. The van der Waals surface area contributed by atoms with E-state index in [0.717, 1.165) is 25.7 Å². The van der Waals surface area contributed by atoms with E-state index in [1.165, 1.54) is 22.0 Å². The summed E-state index contributed by atoms with van der Waals surface area (Å²) < 4.78 is 0. The highest BCUT2D eigenvalue weighted by Crippen LogP contribution is 2.21. The van der Waals surface area contributed by atoms with Crippen LogP contribution in [0, 0.1) is 0 Å². The number of aryl methyl sites for hydroxylation is 2. The van der Waals surface area contributed by atoms with Gasteiger partial charge in [-0.15, -0.1) is 11.3 Å². The van der Waals surface area contributed by atoms with Crippen LogP contribution < -0.4 is 5.73 Å². The molecule has 2 N–H and O–H groups in total. The third kappa shape index (κ3) is 3.58. The minimum absolute atomic E-state index is 0.273. The van der Waals surface area contributed by atoms with E-state index in [1.807, 2.05) is 11.3 Å². The Labute approximate surface area is 96.9 Å². The Morgan fingerprint density at radius 2 is 2.07 bits per heavy atom. The maximum atomic E-state index is 5.95. The molecule has 86 valence electrons. The molecule has 0 aliphatic carbocycles. The molecule has 0 aliphatic heterocycles. The van der Waals surface area contributed by atoms with Crippen LogP contribution in [0.5, 0.6) is 0 Å². The van der Waals surface area contributed by atoms with Crippen molar-refractivity contribution < 1.29 is 0 Å². The van der Waals surface area contributed by atoms with Gasteiger partial charge >= 0.3 is 0 Å². The van der Waals surface area contributed by atoms with Crippen molar-refractivity contribution in [1.82, 2.24) is 4.98 Å². The molecule has 15 heavy (non-hydrogen) atoms. The van der Waals surface area contributed by atoms with Gasteiger partial charge in [0.15, 0.2) is 0 Å². The highest BCUT2D eigenvalue weighted by Gasteiger charge is 2.11. The van der Waals surface area contributed by atoms with Crippen LogP contribution in [0.3, 0.4) is 0 Å². The normalized spacial score (nSPS) is 13.1. The lowest BCUT2D eigenvalue weighted by molar-refractivity contribution is 0.642. The van der Waals surface area contributed by atoms with Crippen molar-refractivity contribution >= 4 is 11.3 Å². The van der Waals surface area contributed by atoms with Crippen molar-refractivity contribution in [3.63, 3.8) is 0 Å². The highest BCUT2D eigenvalue weighted by molar-refractivity contribution is 7.11. The Hall–Kier alpha value is -0.410. The molecule has 0 bridgehead atoms. The average Bonchev–Trinajstić information content (AvgIpc) is 2.61. The van der Waals surface area contributed by atoms with Gasteiger partial charge in [0, 0.05) is 17.3 Å². The van der Waals surface area contributed by atoms with Gasteiger partial charge in [-0.1, -0.05) is 27.2 Å². The van der Waals surface area contributed by atoms with Crippen molar-refractivity contribution in [1.29, 1.82) is 0 Å². The summed E-state index contributed by atoms with van der Waals surface area (Å²) in [6, 6.07) is 0.273. The van der Waals surface area contributed by atoms with Gasteiger partial charge in [-0.2, -0.15) is 0 Å². The molecule has 0 aromatic carbocycles. The third-order valence-electron chi connectivity index (χ3n) is 2.59. The van der Waals surface area contributed by atoms with E-state index in [2.05, 4.69) is 20.8 Å². The monoisotopic (exact) mass is 226 g/mol. The van der Waals surface area contributed by atoms with Crippen molar-refractivity contribution in [2.45, 2.75) is 58.9 Å². The molecule has 0 radical (unpaired) electrons. The van der Waals surface area contributed by atoms with Gasteiger partial charge in [0.25, 0.3) is 0 Å². The Kier molecular flexibility index (Phi) is 5.26. The van der Waals surface area contributed by atoms with Crippen LogP contribution in [0.2, 0.25) is 0 Å². The molecule has 0 aliphatic rings. The molecule has 1 rings (SSSR count). The van der Waals surface area contributed by atoms with Gasteiger partial charge < -0.3 is 5.73 Å². The fourth-order valence-electron chi connectivity index (χ4n) is 1.60. The number of aromatic nitrogens is 1. The molecule has 3 heteroatoms. The SMILES string of the molecule is CCCc1nc(CC(N)CC)sc1CC. The lowest BCUT2D eigenvalue weighted by Gasteiger charge is -2.04. The van der Waals surface area contributed by atoms with Crippen LogP contribution in [0.1, 0.15) is 49.2 Å². The Balaban J connectivity index is 2.73. The standard InChI is InChI=1S/C12H22N2S/c1-4-7-10-11(6-3)15-12(14-10)8-9(13)5-2/h9H,4-8,13H2,1-3H3. The van der Waals surface area contributed by atoms with Gasteiger partial charge in [0.1, 0.15) is 0 Å². The van der Waals surface area contributed by atoms with E-state index < -0.39 is 0 Å². The van der Waals surface area contributed by atoms with Crippen LogP contribution in [0.4, 0.5) is 0 Å². The first-order valence-corrected chi connectivity index (χ1v) is 6.75. The zero-order valence-electron chi connectivity index (χ0n) is 10.0. The Morgan fingerprint density at radius 3 is 2.60 bits per heavy atom. The molecule has 0 amide bonds. The minimum atomic E-state index is 0.273. The average molecular weight is 226 g/mol. The summed E-state index contributed by atoms with van der Waals surface area (Å²) in [6.45, 7) is 6.54. The van der Waals surface area contributed by atoms with Crippen LogP contribution in [-0.4, -0.2) is 11.0 Å². The summed E-state index contributed by atoms with van der Waals surface area (Å²) in [5, 5.41) is 1.23. The summed E-state index contributed by atoms with van der Waals surface area (Å²) >= 11 is 1.85. The third-order valence-corrected chi connectivity index (χ3v) is 3.86. The largest absolute Gasteiger partial charge is 0.327 e. The van der Waals surface area contributed by atoms with E-state index >= 15 is 0 Å². The second-order valence-corrected chi connectivity index (χ2v) is 5.12. The molecule has 2 nitrogen and oxygen atoms in total. The molecule has 1 aromatic heterocycles. The Bertz CT molecular complexity index is 294. The number of rotatable bonds is 6. The van der Waals surface area contributed by atoms with Crippen molar-refractivity contribution in [3.8, 4) is 0 Å². The number of thiazole rings is 1. The van der Waals surface area contributed by atoms with Crippen LogP contribution >= 0.6 is 11.3 Å². The number of nitrogens with zero attached hydrogens (tertiary/aromatic N) is 1. The molecular formula is C12H22N2S. The van der Waals surface area contributed by atoms with Gasteiger partial charge in [0.2, 0.25) is 0 Å². The lowest BCUT2D eigenvalue weighted by Crippen LogP contribution is -2.21. The first-order chi connectivity index (χ1) is 7.21.